The Bertz CT molecular complexity index is 1170. The van der Waals surface area contributed by atoms with Crippen molar-refractivity contribution in [1.29, 1.82) is 0 Å². The topological polar surface area (TPSA) is 17.8 Å². The van der Waals surface area contributed by atoms with Gasteiger partial charge in [0.2, 0.25) is 0 Å². The molecular formula is C28H22N2. The van der Waals surface area contributed by atoms with Crippen molar-refractivity contribution < 1.29 is 0 Å². The molecule has 0 unspecified atom stereocenters. The molecule has 144 valence electrons. The van der Waals surface area contributed by atoms with E-state index in [-0.39, 0.29) is 5.92 Å². The first-order valence-corrected chi connectivity index (χ1v) is 10.2. The van der Waals surface area contributed by atoms with Crippen molar-refractivity contribution in [2.45, 2.75) is 5.92 Å². The smallest absolute Gasteiger partial charge is 0.0969 e. The Morgan fingerprint density at radius 3 is 1.53 bits per heavy atom. The predicted octanol–water partition coefficient (Wildman–Crippen LogP) is 6.72. The monoisotopic (exact) mass is 386 g/mol. The van der Waals surface area contributed by atoms with Crippen LogP contribution in [0.4, 0.5) is 0 Å². The lowest BCUT2D eigenvalue weighted by atomic mass is 9.84. The highest BCUT2D eigenvalue weighted by atomic mass is 15.3. The highest BCUT2D eigenvalue weighted by Gasteiger charge is 2.23. The minimum Gasteiger partial charge on any atom is -0.240 e. The van der Waals surface area contributed by atoms with E-state index in [0.29, 0.717) is 0 Å². The molecule has 1 aromatic heterocycles. The molecular weight excluding hydrogens is 364 g/mol. The fraction of sp³-hybridized carbons (Fsp3) is 0.0357. The molecule has 30 heavy (non-hydrogen) atoms. The molecule has 5 rings (SSSR count). The van der Waals surface area contributed by atoms with E-state index < -0.39 is 0 Å². The minimum atomic E-state index is 0.0973. The van der Waals surface area contributed by atoms with Crippen LogP contribution in [0.3, 0.4) is 0 Å². The van der Waals surface area contributed by atoms with Crippen LogP contribution in [-0.2, 0) is 0 Å². The highest BCUT2D eigenvalue weighted by Crippen LogP contribution is 2.37. The Morgan fingerprint density at radius 1 is 0.533 bits per heavy atom. The molecule has 0 radical (unpaired) electrons. The summed E-state index contributed by atoms with van der Waals surface area (Å²) in [6.07, 6.45) is 2.18. The summed E-state index contributed by atoms with van der Waals surface area (Å²) in [6, 6.07) is 42.1. The van der Waals surface area contributed by atoms with E-state index in [9.17, 15) is 0 Å². The second-order valence-electron chi connectivity index (χ2n) is 7.33. The van der Waals surface area contributed by atoms with Gasteiger partial charge in [0.1, 0.15) is 0 Å². The summed E-state index contributed by atoms with van der Waals surface area (Å²) in [5, 5.41) is 5.04. The zero-order valence-electron chi connectivity index (χ0n) is 16.6. The van der Waals surface area contributed by atoms with Crippen LogP contribution in [-0.4, -0.2) is 9.78 Å². The zero-order valence-corrected chi connectivity index (χ0v) is 16.6. The van der Waals surface area contributed by atoms with Crippen LogP contribution in [0.15, 0.2) is 128 Å². The lowest BCUT2D eigenvalue weighted by Gasteiger charge is -2.18. The van der Waals surface area contributed by atoms with Gasteiger partial charge in [-0.3, -0.25) is 0 Å². The number of benzene rings is 4. The fourth-order valence-electron chi connectivity index (χ4n) is 3.97. The molecule has 0 saturated heterocycles. The number of nitrogens with zero attached hydrogens (tertiary/aromatic N) is 2. The maximum atomic E-state index is 5.04. The molecule has 0 bridgehead atoms. The van der Waals surface area contributed by atoms with Gasteiger partial charge in [-0.2, -0.15) is 5.10 Å². The van der Waals surface area contributed by atoms with Gasteiger partial charge in [0.05, 0.1) is 11.4 Å². The van der Waals surface area contributed by atoms with Gasteiger partial charge in [-0.15, -0.1) is 0 Å². The molecule has 0 spiro atoms. The van der Waals surface area contributed by atoms with E-state index in [1.807, 2.05) is 28.9 Å². The zero-order chi connectivity index (χ0) is 20.2. The summed E-state index contributed by atoms with van der Waals surface area (Å²) in [5.74, 6) is 0.0973. The summed E-state index contributed by atoms with van der Waals surface area (Å²) < 4.78 is 2.00. The lowest BCUT2D eigenvalue weighted by Crippen LogP contribution is -2.04. The molecule has 0 aliphatic rings. The maximum Gasteiger partial charge on any atom is 0.0969 e. The summed E-state index contributed by atoms with van der Waals surface area (Å²) in [6.45, 7) is 0. The molecule has 0 aliphatic heterocycles. The van der Waals surface area contributed by atoms with E-state index in [1.165, 1.54) is 16.7 Å². The second-order valence-corrected chi connectivity index (χ2v) is 7.33. The molecule has 0 saturated carbocycles. The SMILES string of the molecule is c1ccc(-c2nn(-c3ccccc3)cc2C(c2ccccc2)c2ccccc2)cc1. The standard InChI is InChI=1S/C28H22N2/c1-5-13-22(14-6-1)27(23-15-7-2-8-16-23)26-21-30(25-19-11-4-12-20-25)29-28(26)24-17-9-3-10-18-24/h1-21,27H. The van der Waals surface area contributed by atoms with Gasteiger partial charge in [0, 0.05) is 23.2 Å². The average Bonchev–Trinajstić information content (AvgIpc) is 3.27. The number of hydrogen-bond acceptors (Lipinski definition) is 1. The molecule has 5 aromatic rings. The Hall–Kier alpha value is -3.91. The average molecular weight is 386 g/mol. The maximum absolute atomic E-state index is 5.04. The van der Waals surface area contributed by atoms with Crippen LogP contribution < -0.4 is 0 Å². The molecule has 4 aromatic carbocycles. The van der Waals surface area contributed by atoms with Gasteiger partial charge in [0.25, 0.3) is 0 Å². The van der Waals surface area contributed by atoms with Gasteiger partial charge in [-0.25, -0.2) is 4.68 Å². The Balaban J connectivity index is 1.75. The number of rotatable bonds is 5. The molecule has 0 atom stereocenters. The Kier molecular flexibility index (Phi) is 4.97. The molecule has 2 heteroatoms. The minimum absolute atomic E-state index is 0.0973. The van der Waals surface area contributed by atoms with Crippen LogP contribution in [0.5, 0.6) is 0 Å². The van der Waals surface area contributed by atoms with Crippen molar-refractivity contribution in [2.24, 2.45) is 0 Å². The third kappa shape index (κ3) is 3.56. The molecule has 0 N–H and O–H groups in total. The lowest BCUT2D eigenvalue weighted by molar-refractivity contribution is 0.881. The van der Waals surface area contributed by atoms with Gasteiger partial charge in [0.15, 0.2) is 0 Å². The van der Waals surface area contributed by atoms with E-state index in [2.05, 4.69) is 103 Å². The highest BCUT2D eigenvalue weighted by molar-refractivity contribution is 5.66. The van der Waals surface area contributed by atoms with E-state index in [0.717, 1.165) is 16.9 Å². The molecule has 0 amide bonds. The largest absolute Gasteiger partial charge is 0.240 e. The number of hydrogen-bond donors (Lipinski definition) is 0. The Labute approximate surface area is 177 Å². The van der Waals surface area contributed by atoms with Crippen molar-refractivity contribution in [3.05, 3.63) is 144 Å². The normalized spacial score (nSPS) is 11.0. The molecule has 0 fully saturated rings. The van der Waals surface area contributed by atoms with Crippen molar-refractivity contribution >= 4 is 0 Å². The number of aromatic nitrogens is 2. The van der Waals surface area contributed by atoms with E-state index >= 15 is 0 Å². The summed E-state index contributed by atoms with van der Waals surface area (Å²) >= 11 is 0. The first-order chi connectivity index (χ1) is 14.9. The third-order valence-electron chi connectivity index (χ3n) is 5.39. The quantitative estimate of drug-likeness (QED) is 0.328. The Morgan fingerprint density at radius 2 is 1.00 bits per heavy atom. The predicted molar refractivity (Wildman–Crippen MR) is 123 cm³/mol. The third-order valence-corrected chi connectivity index (χ3v) is 5.39. The van der Waals surface area contributed by atoms with Crippen LogP contribution in [0, 0.1) is 0 Å². The van der Waals surface area contributed by atoms with E-state index in [1.54, 1.807) is 0 Å². The van der Waals surface area contributed by atoms with Crippen molar-refractivity contribution in [3.8, 4) is 16.9 Å². The summed E-state index contributed by atoms with van der Waals surface area (Å²) in [4.78, 5) is 0. The number of para-hydroxylation sites is 1. The summed E-state index contributed by atoms with van der Waals surface area (Å²) in [7, 11) is 0. The molecule has 1 heterocycles. The van der Waals surface area contributed by atoms with E-state index in [4.69, 9.17) is 5.10 Å². The second kappa shape index (κ2) is 8.22. The van der Waals surface area contributed by atoms with Crippen LogP contribution in [0.25, 0.3) is 16.9 Å². The van der Waals surface area contributed by atoms with Gasteiger partial charge >= 0.3 is 0 Å². The molecule has 2 nitrogen and oxygen atoms in total. The van der Waals surface area contributed by atoms with Crippen molar-refractivity contribution in [2.75, 3.05) is 0 Å². The molecule has 0 aliphatic carbocycles. The van der Waals surface area contributed by atoms with Crippen LogP contribution in [0.1, 0.15) is 22.6 Å². The first-order valence-electron chi connectivity index (χ1n) is 10.2. The summed E-state index contributed by atoms with van der Waals surface area (Å²) in [5.41, 5.74) is 6.90. The first kappa shape index (κ1) is 18.1. The van der Waals surface area contributed by atoms with Gasteiger partial charge < -0.3 is 0 Å². The van der Waals surface area contributed by atoms with Crippen LogP contribution >= 0.6 is 0 Å². The van der Waals surface area contributed by atoms with Gasteiger partial charge in [-0.05, 0) is 23.3 Å². The van der Waals surface area contributed by atoms with Gasteiger partial charge in [-0.1, -0.05) is 109 Å². The van der Waals surface area contributed by atoms with Crippen molar-refractivity contribution in [1.82, 2.24) is 9.78 Å². The van der Waals surface area contributed by atoms with Crippen LogP contribution in [0.2, 0.25) is 0 Å². The van der Waals surface area contributed by atoms with Crippen molar-refractivity contribution in [3.63, 3.8) is 0 Å². The fourth-order valence-corrected chi connectivity index (χ4v) is 3.97.